The molecule has 7 nitrogen and oxygen atoms in total. The van der Waals surface area contributed by atoms with Crippen LogP contribution in [0.4, 0.5) is 4.79 Å². The second-order valence-electron chi connectivity index (χ2n) is 14.8. The first-order valence-electron chi connectivity index (χ1n) is 19.7. The predicted molar refractivity (Wildman–Crippen MR) is 193 cm³/mol. The predicted octanol–water partition coefficient (Wildman–Crippen LogP) is 9.99. The summed E-state index contributed by atoms with van der Waals surface area (Å²) >= 11 is 0. The van der Waals surface area contributed by atoms with Crippen LogP contribution in [0.15, 0.2) is 60.7 Å². The van der Waals surface area contributed by atoms with Crippen molar-refractivity contribution in [3.8, 4) is 0 Å². The third-order valence-corrected chi connectivity index (χ3v) is 11.5. The van der Waals surface area contributed by atoms with Gasteiger partial charge in [0.15, 0.2) is 0 Å². The van der Waals surface area contributed by atoms with Crippen molar-refractivity contribution < 1.29 is 33.0 Å². The number of quaternary nitrogens is 1. The Morgan fingerprint density at radius 2 is 1.24 bits per heavy atom. The van der Waals surface area contributed by atoms with E-state index in [9.17, 15) is 9.59 Å². The van der Waals surface area contributed by atoms with Crippen LogP contribution in [0.25, 0.3) is 0 Å². The van der Waals surface area contributed by atoms with E-state index in [1.165, 1.54) is 94.6 Å². The van der Waals surface area contributed by atoms with Gasteiger partial charge in [-0.1, -0.05) is 139 Å². The first-order valence-corrected chi connectivity index (χ1v) is 19.7. The highest BCUT2D eigenvalue weighted by Gasteiger charge is 2.57. The summed E-state index contributed by atoms with van der Waals surface area (Å²) in [5.74, 6) is -0.458. The normalized spacial score (nSPS) is 21.8. The Balaban J connectivity index is 1.20. The van der Waals surface area contributed by atoms with Crippen molar-refractivity contribution in [2.24, 2.45) is 0 Å². The third-order valence-electron chi connectivity index (χ3n) is 11.5. The van der Waals surface area contributed by atoms with Crippen molar-refractivity contribution in [2.75, 3.05) is 19.7 Å². The Labute approximate surface area is 295 Å². The molecule has 3 atom stereocenters. The van der Waals surface area contributed by atoms with E-state index >= 15 is 0 Å². The average Bonchev–Trinajstić information content (AvgIpc) is 3.67. The first-order chi connectivity index (χ1) is 24.0. The molecule has 3 aliphatic rings. The molecular formula is C42H62NO6+. The van der Waals surface area contributed by atoms with E-state index in [1.54, 1.807) is 0 Å². The van der Waals surface area contributed by atoms with Gasteiger partial charge in [-0.3, -0.25) is 0 Å². The van der Waals surface area contributed by atoms with Crippen LogP contribution in [-0.2, 0) is 29.3 Å². The molecule has 3 fully saturated rings. The molecule has 0 saturated carbocycles. The molecule has 0 aromatic heterocycles. The molecule has 0 radical (unpaired) electrons. The molecule has 1 spiro atoms. The van der Waals surface area contributed by atoms with E-state index in [2.05, 4.69) is 6.92 Å². The monoisotopic (exact) mass is 676 g/mol. The highest BCUT2D eigenvalue weighted by Crippen LogP contribution is 2.47. The van der Waals surface area contributed by atoms with Gasteiger partial charge in [0.25, 0.3) is 0 Å². The van der Waals surface area contributed by atoms with Gasteiger partial charge in [0.1, 0.15) is 6.10 Å². The number of carbonyl (C=O) groups excluding carboxylic acids is 2. The van der Waals surface area contributed by atoms with Crippen molar-refractivity contribution in [1.29, 1.82) is 0 Å². The molecule has 3 saturated heterocycles. The highest BCUT2D eigenvalue weighted by atomic mass is 16.8. The summed E-state index contributed by atoms with van der Waals surface area (Å²) in [6.45, 7) is 6.97. The van der Waals surface area contributed by atoms with Gasteiger partial charge >= 0.3 is 12.1 Å². The number of unbranched alkanes of at least 4 members (excludes halogenated alkanes) is 10. The second-order valence-corrected chi connectivity index (χ2v) is 14.8. The van der Waals surface area contributed by atoms with E-state index in [0.717, 1.165) is 32.1 Å². The van der Waals surface area contributed by atoms with E-state index in [1.807, 2.05) is 67.6 Å². The summed E-state index contributed by atoms with van der Waals surface area (Å²) in [6, 6.07) is 20.1. The fourth-order valence-electron chi connectivity index (χ4n) is 8.92. The van der Waals surface area contributed by atoms with Gasteiger partial charge in [-0.25, -0.2) is 9.59 Å². The maximum Gasteiger partial charge on any atom is 0.510 e. The molecule has 270 valence electrons. The Morgan fingerprint density at radius 1 is 0.735 bits per heavy atom. The standard InChI is InChI=1S/C42H62NO6/c1-3-5-6-7-8-9-10-11-12-13-22-31-46-41(45)48-39(4-2)49-42(34-23-16-14-17-24-34,35-25-18-15-19-26-35)40(44)47-38-32-36-27-28-37(33-38)43(36)29-20-21-30-43/h14-19,23-26,36-39H,3-13,20-22,27-33H2,1-2H3/q+1. The number of ether oxygens (including phenoxy) is 4. The maximum atomic E-state index is 14.7. The van der Waals surface area contributed by atoms with Crippen LogP contribution < -0.4 is 0 Å². The Kier molecular flexibility index (Phi) is 14.4. The lowest BCUT2D eigenvalue weighted by Gasteiger charge is -2.47. The molecule has 49 heavy (non-hydrogen) atoms. The Hall–Kier alpha value is -2.90. The van der Waals surface area contributed by atoms with E-state index in [-0.39, 0.29) is 6.10 Å². The van der Waals surface area contributed by atoms with Gasteiger partial charge < -0.3 is 23.4 Å². The van der Waals surface area contributed by atoms with Crippen LogP contribution in [0.3, 0.4) is 0 Å². The summed E-state index contributed by atoms with van der Waals surface area (Å²) in [7, 11) is 0. The van der Waals surface area contributed by atoms with Crippen molar-refractivity contribution in [2.45, 2.75) is 160 Å². The highest BCUT2D eigenvalue weighted by molar-refractivity contribution is 5.86. The van der Waals surface area contributed by atoms with Crippen LogP contribution >= 0.6 is 0 Å². The fourth-order valence-corrected chi connectivity index (χ4v) is 8.92. The van der Waals surface area contributed by atoms with Gasteiger partial charge in [0, 0.05) is 44.9 Å². The van der Waals surface area contributed by atoms with E-state index in [4.69, 9.17) is 18.9 Å². The molecule has 3 aliphatic heterocycles. The zero-order valence-corrected chi connectivity index (χ0v) is 30.3. The van der Waals surface area contributed by atoms with Crippen LogP contribution in [0, 0.1) is 0 Å². The summed E-state index contributed by atoms with van der Waals surface area (Å²) in [5.41, 5.74) is -0.329. The van der Waals surface area contributed by atoms with Gasteiger partial charge in [0.2, 0.25) is 11.9 Å². The van der Waals surface area contributed by atoms with Crippen molar-refractivity contribution in [3.05, 3.63) is 71.8 Å². The molecule has 0 N–H and O–H groups in total. The first kappa shape index (κ1) is 37.4. The van der Waals surface area contributed by atoms with Gasteiger partial charge in [-0.2, -0.15) is 0 Å². The summed E-state index contributed by atoms with van der Waals surface area (Å²) < 4.78 is 25.7. The summed E-state index contributed by atoms with van der Waals surface area (Å²) in [4.78, 5) is 27.6. The SMILES string of the molecule is CCCCCCCCCCCCCOC(=O)OC(CC)OC(C(=O)OC1CC2CCC(C1)[N+]21CCCC1)(c1ccccc1)c1ccccc1. The van der Waals surface area contributed by atoms with Crippen LogP contribution in [0.5, 0.6) is 0 Å². The molecule has 5 rings (SSSR count). The molecule has 2 aromatic carbocycles. The lowest BCUT2D eigenvalue weighted by molar-refractivity contribution is -0.956. The molecule has 7 heteroatoms. The Morgan fingerprint density at radius 3 is 1.76 bits per heavy atom. The van der Waals surface area contributed by atoms with Crippen LogP contribution in [0.2, 0.25) is 0 Å². The molecule has 3 unspecified atom stereocenters. The smallest absolute Gasteiger partial charge is 0.459 e. The number of esters is 1. The lowest BCUT2D eigenvalue weighted by atomic mass is 9.85. The molecule has 2 bridgehead atoms. The zero-order chi connectivity index (χ0) is 34.4. The topological polar surface area (TPSA) is 71.1 Å². The number of nitrogens with zero attached hydrogens (tertiary/aromatic N) is 1. The molecule has 2 aromatic rings. The van der Waals surface area contributed by atoms with Gasteiger partial charge in [-0.05, 0) is 17.5 Å². The number of hydrogen-bond donors (Lipinski definition) is 0. The van der Waals surface area contributed by atoms with E-state index in [0.29, 0.717) is 36.2 Å². The minimum Gasteiger partial charge on any atom is -0.459 e. The molecular weight excluding hydrogens is 614 g/mol. The van der Waals surface area contributed by atoms with Crippen molar-refractivity contribution in [1.82, 2.24) is 0 Å². The number of hydrogen-bond acceptors (Lipinski definition) is 6. The van der Waals surface area contributed by atoms with Crippen LogP contribution in [0.1, 0.15) is 141 Å². The van der Waals surface area contributed by atoms with Crippen molar-refractivity contribution in [3.63, 3.8) is 0 Å². The zero-order valence-electron chi connectivity index (χ0n) is 30.3. The van der Waals surface area contributed by atoms with Crippen LogP contribution in [-0.4, -0.2) is 60.8 Å². The maximum absolute atomic E-state index is 14.7. The largest absolute Gasteiger partial charge is 0.510 e. The second kappa shape index (κ2) is 18.9. The lowest BCUT2D eigenvalue weighted by Crippen LogP contribution is -2.60. The number of carbonyl (C=O) groups is 2. The van der Waals surface area contributed by atoms with Gasteiger partial charge in [-0.15, -0.1) is 0 Å². The average molecular weight is 677 g/mol. The number of rotatable bonds is 20. The molecule has 3 heterocycles. The minimum absolute atomic E-state index is 0.165. The summed E-state index contributed by atoms with van der Waals surface area (Å²) in [6.07, 6.45) is 18.7. The third kappa shape index (κ3) is 9.46. The quantitative estimate of drug-likeness (QED) is 0.0602. The number of benzene rings is 2. The summed E-state index contributed by atoms with van der Waals surface area (Å²) in [5, 5.41) is 0. The minimum atomic E-state index is -1.62. The number of piperidine rings is 1. The Bertz CT molecular complexity index is 1210. The van der Waals surface area contributed by atoms with Crippen molar-refractivity contribution >= 4 is 12.1 Å². The fraction of sp³-hybridized carbons (Fsp3) is 0.667. The molecule has 0 amide bonds. The molecule has 0 aliphatic carbocycles. The van der Waals surface area contributed by atoms with Gasteiger partial charge in [0.05, 0.1) is 31.8 Å². The van der Waals surface area contributed by atoms with E-state index < -0.39 is 24.0 Å².